The van der Waals surface area contributed by atoms with Crippen molar-refractivity contribution in [1.82, 2.24) is 19.8 Å². The van der Waals surface area contributed by atoms with Crippen molar-refractivity contribution in [3.63, 3.8) is 0 Å². The van der Waals surface area contributed by atoms with E-state index in [-0.39, 0.29) is 5.91 Å². The molecule has 0 unspecified atom stereocenters. The van der Waals surface area contributed by atoms with Crippen LogP contribution in [0, 0.1) is 6.92 Å². The molecule has 2 aromatic rings. The van der Waals surface area contributed by atoms with Gasteiger partial charge in [-0.2, -0.15) is 0 Å². The number of carbonyl (C=O) groups is 1. The highest BCUT2D eigenvalue weighted by atomic mass is 16.2. The Bertz CT molecular complexity index is 826. The van der Waals surface area contributed by atoms with Crippen LogP contribution in [0.3, 0.4) is 0 Å². The average molecular weight is 395 g/mol. The molecule has 1 aromatic carbocycles. The smallest absolute Gasteiger partial charge is 0.272 e. The highest BCUT2D eigenvalue weighted by molar-refractivity contribution is 5.93. The number of likely N-dealkylation sites (N-methyl/N-ethyl adjacent to an activating group) is 1. The lowest BCUT2D eigenvalue weighted by atomic mass is 10.2. The van der Waals surface area contributed by atoms with Crippen LogP contribution in [0.15, 0.2) is 36.4 Å². The number of rotatable bonds is 4. The molecule has 7 nitrogen and oxygen atoms in total. The summed E-state index contributed by atoms with van der Waals surface area (Å²) < 4.78 is 0. The van der Waals surface area contributed by atoms with Gasteiger partial charge in [-0.05, 0) is 25.6 Å². The normalized spacial score (nSPS) is 18.2. The van der Waals surface area contributed by atoms with Gasteiger partial charge in [0.15, 0.2) is 0 Å². The third-order valence-corrected chi connectivity index (χ3v) is 5.88. The van der Waals surface area contributed by atoms with E-state index in [2.05, 4.69) is 55.9 Å². The zero-order valence-corrected chi connectivity index (χ0v) is 17.4. The van der Waals surface area contributed by atoms with Crippen molar-refractivity contribution in [1.29, 1.82) is 0 Å². The second-order valence-corrected chi connectivity index (χ2v) is 7.69. The molecule has 2 saturated heterocycles. The average Bonchev–Trinajstić information content (AvgIpc) is 2.79. The number of hydrogen-bond acceptors (Lipinski definition) is 6. The van der Waals surface area contributed by atoms with Gasteiger partial charge in [0.05, 0.1) is 0 Å². The second kappa shape index (κ2) is 8.78. The zero-order valence-electron chi connectivity index (χ0n) is 17.4. The molecule has 2 aliphatic rings. The summed E-state index contributed by atoms with van der Waals surface area (Å²) in [4.78, 5) is 31.0. The monoisotopic (exact) mass is 394 g/mol. The molecule has 0 aliphatic carbocycles. The number of carbonyl (C=O) groups excluding carboxylic acids is 1. The van der Waals surface area contributed by atoms with Gasteiger partial charge in [-0.1, -0.05) is 25.1 Å². The Balaban J connectivity index is 1.43. The third kappa shape index (κ3) is 4.50. The Morgan fingerprint density at radius 3 is 2.21 bits per heavy atom. The van der Waals surface area contributed by atoms with Crippen LogP contribution in [0.2, 0.25) is 0 Å². The van der Waals surface area contributed by atoms with E-state index in [1.165, 1.54) is 5.69 Å². The molecule has 2 aliphatic heterocycles. The maximum Gasteiger partial charge on any atom is 0.272 e. The Hall–Kier alpha value is -2.67. The largest absolute Gasteiger partial charge is 0.368 e. The minimum Gasteiger partial charge on any atom is -0.368 e. The van der Waals surface area contributed by atoms with Gasteiger partial charge in [-0.15, -0.1) is 0 Å². The molecule has 0 spiro atoms. The molecule has 0 saturated carbocycles. The molecule has 1 aromatic heterocycles. The second-order valence-electron chi connectivity index (χ2n) is 7.69. The molecule has 0 atom stereocenters. The summed E-state index contributed by atoms with van der Waals surface area (Å²) >= 11 is 0. The van der Waals surface area contributed by atoms with Crippen molar-refractivity contribution in [3.8, 4) is 0 Å². The molecule has 1 amide bonds. The van der Waals surface area contributed by atoms with Crippen LogP contribution in [0.25, 0.3) is 0 Å². The lowest BCUT2D eigenvalue weighted by Gasteiger charge is -2.37. The number of nitrogens with zero attached hydrogens (tertiary/aromatic N) is 6. The fraction of sp³-hybridized carbons (Fsp3) is 0.500. The summed E-state index contributed by atoms with van der Waals surface area (Å²) in [6, 6.07) is 12.4. The first kappa shape index (κ1) is 19.6. The van der Waals surface area contributed by atoms with Crippen LogP contribution in [-0.2, 0) is 0 Å². The Morgan fingerprint density at radius 1 is 0.897 bits per heavy atom. The van der Waals surface area contributed by atoms with Crippen molar-refractivity contribution in [2.45, 2.75) is 13.8 Å². The molecule has 154 valence electrons. The highest BCUT2D eigenvalue weighted by Gasteiger charge is 2.25. The van der Waals surface area contributed by atoms with Crippen LogP contribution in [0.4, 0.5) is 11.5 Å². The van der Waals surface area contributed by atoms with E-state index in [1.807, 2.05) is 24.0 Å². The number of anilines is 2. The molecular formula is C22H30N6O. The van der Waals surface area contributed by atoms with Crippen LogP contribution in [-0.4, -0.2) is 84.6 Å². The SMILES string of the molecule is CCN1CCN(C(=O)c2cc(N3CCN(c4ccccc4)CC3)nc(C)n2)CC1. The van der Waals surface area contributed by atoms with Gasteiger partial charge in [-0.3, -0.25) is 4.79 Å². The van der Waals surface area contributed by atoms with Gasteiger partial charge in [0.25, 0.3) is 5.91 Å². The molecular weight excluding hydrogens is 364 g/mol. The van der Waals surface area contributed by atoms with Gasteiger partial charge < -0.3 is 19.6 Å². The Morgan fingerprint density at radius 2 is 1.55 bits per heavy atom. The van der Waals surface area contributed by atoms with Crippen molar-refractivity contribution in [3.05, 3.63) is 47.9 Å². The molecule has 4 rings (SSSR count). The van der Waals surface area contributed by atoms with E-state index in [0.29, 0.717) is 11.5 Å². The van der Waals surface area contributed by atoms with E-state index in [9.17, 15) is 4.79 Å². The fourth-order valence-electron chi connectivity index (χ4n) is 4.09. The lowest BCUT2D eigenvalue weighted by molar-refractivity contribution is 0.0637. The molecule has 29 heavy (non-hydrogen) atoms. The molecule has 7 heteroatoms. The first-order valence-corrected chi connectivity index (χ1v) is 10.6. The van der Waals surface area contributed by atoms with E-state index in [1.54, 1.807) is 0 Å². The van der Waals surface area contributed by atoms with E-state index < -0.39 is 0 Å². The van der Waals surface area contributed by atoms with Gasteiger partial charge in [0, 0.05) is 64.1 Å². The van der Waals surface area contributed by atoms with E-state index in [0.717, 1.165) is 64.7 Å². The Labute approximate surface area is 172 Å². The van der Waals surface area contributed by atoms with Crippen LogP contribution < -0.4 is 9.80 Å². The van der Waals surface area contributed by atoms with Gasteiger partial charge >= 0.3 is 0 Å². The summed E-state index contributed by atoms with van der Waals surface area (Å²) in [6.07, 6.45) is 0. The number of aryl methyl sites for hydroxylation is 1. The van der Waals surface area contributed by atoms with Gasteiger partial charge in [0.2, 0.25) is 0 Å². The van der Waals surface area contributed by atoms with Crippen molar-refractivity contribution in [2.24, 2.45) is 0 Å². The summed E-state index contributed by atoms with van der Waals surface area (Å²) in [5, 5.41) is 0. The number of benzene rings is 1. The van der Waals surface area contributed by atoms with Crippen molar-refractivity contribution in [2.75, 3.05) is 68.7 Å². The van der Waals surface area contributed by atoms with Crippen LogP contribution >= 0.6 is 0 Å². The standard InChI is InChI=1S/C22H30N6O/c1-3-25-9-11-28(12-10-25)22(29)20-17-21(24-18(2)23-20)27-15-13-26(14-16-27)19-7-5-4-6-8-19/h4-8,17H,3,9-16H2,1-2H3. The first-order valence-electron chi connectivity index (χ1n) is 10.6. The van der Waals surface area contributed by atoms with Crippen molar-refractivity contribution >= 4 is 17.4 Å². The van der Waals surface area contributed by atoms with Crippen LogP contribution in [0.5, 0.6) is 0 Å². The number of aromatic nitrogens is 2. The van der Waals surface area contributed by atoms with Crippen molar-refractivity contribution < 1.29 is 4.79 Å². The predicted molar refractivity (Wildman–Crippen MR) is 116 cm³/mol. The number of hydrogen-bond donors (Lipinski definition) is 0. The first-order chi connectivity index (χ1) is 14.1. The van der Waals surface area contributed by atoms with Gasteiger partial charge in [-0.25, -0.2) is 9.97 Å². The number of piperazine rings is 2. The zero-order chi connectivity index (χ0) is 20.2. The molecule has 0 radical (unpaired) electrons. The topological polar surface area (TPSA) is 55.8 Å². The minimum atomic E-state index is 0.0235. The van der Waals surface area contributed by atoms with Crippen LogP contribution in [0.1, 0.15) is 23.2 Å². The number of amides is 1. The molecule has 0 bridgehead atoms. The Kier molecular flexibility index (Phi) is 5.94. The van der Waals surface area contributed by atoms with E-state index in [4.69, 9.17) is 0 Å². The number of para-hydroxylation sites is 1. The third-order valence-electron chi connectivity index (χ3n) is 5.88. The minimum absolute atomic E-state index is 0.0235. The van der Waals surface area contributed by atoms with Gasteiger partial charge in [0.1, 0.15) is 17.3 Å². The molecule has 0 N–H and O–H groups in total. The molecule has 3 heterocycles. The summed E-state index contributed by atoms with van der Waals surface area (Å²) in [7, 11) is 0. The quantitative estimate of drug-likeness (QED) is 0.789. The maximum atomic E-state index is 13.0. The predicted octanol–water partition coefficient (Wildman–Crippen LogP) is 1.89. The molecule has 2 fully saturated rings. The summed E-state index contributed by atoms with van der Waals surface area (Å²) in [5.41, 5.74) is 1.77. The summed E-state index contributed by atoms with van der Waals surface area (Å²) in [6.45, 7) is 12.1. The fourth-order valence-corrected chi connectivity index (χ4v) is 4.09. The maximum absolute atomic E-state index is 13.0. The highest BCUT2D eigenvalue weighted by Crippen LogP contribution is 2.20. The van der Waals surface area contributed by atoms with E-state index >= 15 is 0 Å². The lowest BCUT2D eigenvalue weighted by Crippen LogP contribution is -2.49. The summed E-state index contributed by atoms with van der Waals surface area (Å²) in [5.74, 6) is 1.54.